The maximum atomic E-state index is 13.0. The van der Waals surface area contributed by atoms with Crippen molar-refractivity contribution in [1.29, 1.82) is 0 Å². The first-order valence-corrected chi connectivity index (χ1v) is 10.4. The van der Waals surface area contributed by atoms with Crippen LogP contribution in [0.4, 0.5) is 0 Å². The fraction of sp³-hybridized carbons (Fsp3) is 0.458. The first-order valence-electron chi connectivity index (χ1n) is 10.4. The van der Waals surface area contributed by atoms with E-state index in [9.17, 15) is 9.90 Å². The molecule has 1 aliphatic carbocycles. The van der Waals surface area contributed by atoms with Crippen LogP contribution >= 0.6 is 0 Å². The van der Waals surface area contributed by atoms with E-state index in [0.29, 0.717) is 17.9 Å². The molecule has 0 radical (unpaired) electrons. The SMILES string of the molecule is O=C1c2c(cccc2OC[C@H](O)CN2CCCCC2)C[C@@H]1Cc1ccccc1. The van der Waals surface area contributed by atoms with E-state index in [1.807, 2.05) is 36.4 Å². The van der Waals surface area contributed by atoms with Crippen LogP contribution in [-0.2, 0) is 12.8 Å². The Bertz CT molecular complexity index is 799. The van der Waals surface area contributed by atoms with Crippen LogP contribution in [0.1, 0.15) is 40.7 Å². The van der Waals surface area contributed by atoms with Crippen LogP contribution in [0, 0.1) is 5.92 Å². The molecule has 1 heterocycles. The number of ether oxygens (including phenoxy) is 1. The summed E-state index contributed by atoms with van der Waals surface area (Å²) in [4.78, 5) is 15.3. The van der Waals surface area contributed by atoms with Crippen LogP contribution in [0.2, 0.25) is 0 Å². The normalized spacial score (nSPS) is 20.8. The van der Waals surface area contributed by atoms with Crippen molar-refractivity contribution in [2.75, 3.05) is 26.2 Å². The van der Waals surface area contributed by atoms with E-state index < -0.39 is 6.10 Å². The Morgan fingerprint density at radius 3 is 2.61 bits per heavy atom. The number of nitrogens with zero attached hydrogens (tertiary/aromatic N) is 1. The molecule has 1 saturated heterocycles. The molecule has 0 aromatic heterocycles. The van der Waals surface area contributed by atoms with Crippen LogP contribution in [0.3, 0.4) is 0 Å². The monoisotopic (exact) mass is 379 g/mol. The minimum absolute atomic E-state index is 0.0274. The Morgan fingerprint density at radius 2 is 1.82 bits per heavy atom. The molecule has 1 fully saturated rings. The van der Waals surface area contributed by atoms with Gasteiger partial charge in [0, 0.05) is 12.5 Å². The van der Waals surface area contributed by atoms with E-state index in [4.69, 9.17) is 4.74 Å². The van der Waals surface area contributed by atoms with Gasteiger partial charge in [0.05, 0.1) is 5.56 Å². The number of aliphatic hydroxyl groups is 1. The van der Waals surface area contributed by atoms with E-state index in [1.54, 1.807) is 0 Å². The molecule has 2 aromatic rings. The van der Waals surface area contributed by atoms with Gasteiger partial charge in [0.1, 0.15) is 18.5 Å². The number of hydrogen-bond acceptors (Lipinski definition) is 4. The Kier molecular flexibility index (Phi) is 6.08. The lowest BCUT2D eigenvalue weighted by atomic mass is 9.96. The van der Waals surface area contributed by atoms with Crippen molar-refractivity contribution in [3.63, 3.8) is 0 Å². The third kappa shape index (κ3) is 4.45. The molecular weight excluding hydrogens is 350 g/mol. The topological polar surface area (TPSA) is 49.8 Å². The van der Waals surface area contributed by atoms with Gasteiger partial charge in [-0.25, -0.2) is 0 Å². The molecule has 148 valence electrons. The van der Waals surface area contributed by atoms with Gasteiger partial charge < -0.3 is 14.7 Å². The minimum atomic E-state index is -0.537. The van der Waals surface area contributed by atoms with Crippen LogP contribution < -0.4 is 4.74 Å². The molecule has 0 saturated carbocycles. The van der Waals surface area contributed by atoms with Crippen LogP contribution in [0.5, 0.6) is 5.75 Å². The predicted octanol–water partition coefficient (Wildman–Crippen LogP) is 3.51. The largest absolute Gasteiger partial charge is 0.490 e. The van der Waals surface area contributed by atoms with Crippen molar-refractivity contribution in [2.24, 2.45) is 5.92 Å². The Labute approximate surface area is 167 Å². The lowest BCUT2D eigenvalue weighted by Crippen LogP contribution is -2.38. The van der Waals surface area contributed by atoms with Gasteiger partial charge in [-0.2, -0.15) is 0 Å². The Morgan fingerprint density at radius 1 is 1.04 bits per heavy atom. The first-order chi connectivity index (χ1) is 13.7. The molecule has 0 amide bonds. The maximum absolute atomic E-state index is 13.0. The zero-order valence-electron chi connectivity index (χ0n) is 16.3. The highest BCUT2D eigenvalue weighted by molar-refractivity contribution is 6.04. The van der Waals surface area contributed by atoms with E-state index >= 15 is 0 Å². The second-order valence-corrected chi connectivity index (χ2v) is 8.07. The van der Waals surface area contributed by atoms with E-state index in [0.717, 1.165) is 31.5 Å². The molecule has 0 spiro atoms. The van der Waals surface area contributed by atoms with Gasteiger partial charge in [0.2, 0.25) is 0 Å². The number of fused-ring (bicyclic) bond motifs is 1. The number of Topliss-reactive ketones (excluding diaryl/α,β-unsaturated/α-hetero) is 1. The number of carbonyl (C=O) groups is 1. The number of piperidine rings is 1. The number of aliphatic hydroxyl groups excluding tert-OH is 1. The van der Waals surface area contributed by atoms with Gasteiger partial charge in [0.15, 0.2) is 5.78 Å². The number of rotatable bonds is 7. The summed E-state index contributed by atoms with van der Waals surface area (Å²) in [7, 11) is 0. The summed E-state index contributed by atoms with van der Waals surface area (Å²) >= 11 is 0. The molecule has 2 atom stereocenters. The molecular formula is C24H29NO3. The highest BCUT2D eigenvalue weighted by Crippen LogP contribution is 2.35. The number of likely N-dealkylation sites (tertiary alicyclic amines) is 1. The summed E-state index contributed by atoms with van der Waals surface area (Å²) in [6.45, 7) is 2.97. The number of hydrogen-bond donors (Lipinski definition) is 1. The second-order valence-electron chi connectivity index (χ2n) is 8.07. The lowest BCUT2D eigenvalue weighted by molar-refractivity contribution is 0.0611. The quantitative estimate of drug-likeness (QED) is 0.800. The van der Waals surface area contributed by atoms with Gasteiger partial charge in [-0.3, -0.25) is 4.79 Å². The highest BCUT2D eigenvalue weighted by atomic mass is 16.5. The third-order valence-corrected chi connectivity index (χ3v) is 5.87. The van der Waals surface area contributed by atoms with Gasteiger partial charge in [0.25, 0.3) is 0 Å². The third-order valence-electron chi connectivity index (χ3n) is 5.87. The smallest absolute Gasteiger partial charge is 0.170 e. The van der Waals surface area contributed by atoms with Gasteiger partial charge in [-0.15, -0.1) is 0 Å². The summed E-state index contributed by atoms with van der Waals surface area (Å²) in [5.74, 6) is 0.760. The molecule has 0 unspecified atom stereocenters. The standard InChI is InChI=1S/C24H29NO3/c26-21(16-25-12-5-2-6-13-25)17-28-22-11-7-10-19-15-20(24(27)23(19)22)14-18-8-3-1-4-9-18/h1,3-4,7-11,20-21,26H,2,5-6,12-17H2/t20-,21+/m0/s1. The predicted molar refractivity (Wildman–Crippen MR) is 110 cm³/mol. The zero-order valence-corrected chi connectivity index (χ0v) is 16.3. The summed E-state index contributed by atoms with van der Waals surface area (Å²) in [5, 5.41) is 10.4. The summed E-state index contributed by atoms with van der Waals surface area (Å²) in [6, 6.07) is 16.0. The summed E-state index contributed by atoms with van der Waals surface area (Å²) < 4.78 is 5.92. The van der Waals surface area contributed by atoms with E-state index in [1.165, 1.54) is 24.8 Å². The molecule has 1 aliphatic heterocycles. The average molecular weight is 380 g/mol. The van der Waals surface area contributed by atoms with Crippen LogP contribution in [-0.4, -0.2) is 48.1 Å². The molecule has 28 heavy (non-hydrogen) atoms. The maximum Gasteiger partial charge on any atom is 0.170 e. The lowest BCUT2D eigenvalue weighted by Gasteiger charge is -2.28. The van der Waals surface area contributed by atoms with Crippen molar-refractivity contribution in [3.8, 4) is 5.75 Å². The zero-order chi connectivity index (χ0) is 19.3. The van der Waals surface area contributed by atoms with Crippen molar-refractivity contribution in [3.05, 3.63) is 65.2 Å². The van der Waals surface area contributed by atoms with Crippen molar-refractivity contribution in [2.45, 2.75) is 38.2 Å². The minimum Gasteiger partial charge on any atom is -0.490 e. The average Bonchev–Trinajstić information content (AvgIpc) is 3.04. The van der Waals surface area contributed by atoms with Crippen molar-refractivity contribution >= 4 is 5.78 Å². The molecule has 2 aliphatic rings. The number of benzene rings is 2. The molecule has 4 rings (SSSR count). The van der Waals surface area contributed by atoms with Crippen LogP contribution in [0.15, 0.2) is 48.5 Å². The molecule has 2 aromatic carbocycles. The van der Waals surface area contributed by atoms with Crippen LogP contribution in [0.25, 0.3) is 0 Å². The number of ketones is 1. The highest BCUT2D eigenvalue weighted by Gasteiger charge is 2.33. The van der Waals surface area contributed by atoms with E-state index in [2.05, 4.69) is 17.0 Å². The first kappa shape index (κ1) is 19.2. The van der Waals surface area contributed by atoms with Crippen molar-refractivity contribution in [1.82, 2.24) is 4.90 Å². The number of carbonyl (C=O) groups excluding carboxylic acids is 1. The Balaban J connectivity index is 1.38. The molecule has 4 nitrogen and oxygen atoms in total. The summed E-state index contributed by atoms with van der Waals surface area (Å²) in [5.41, 5.74) is 2.97. The summed E-state index contributed by atoms with van der Waals surface area (Å²) in [6.07, 6.45) is 4.67. The van der Waals surface area contributed by atoms with E-state index in [-0.39, 0.29) is 18.3 Å². The fourth-order valence-electron chi connectivity index (χ4n) is 4.45. The van der Waals surface area contributed by atoms with Crippen molar-refractivity contribution < 1.29 is 14.6 Å². The molecule has 0 bridgehead atoms. The second kappa shape index (κ2) is 8.89. The number of β-amino-alcohol motifs (C(OH)–C–C–N with tert-alkyl or cyclic N) is 1. The van der Waals surface area contributed by atoms with Gasteiger partial charge in [-0.05, 0) is 56.0 Å². The molecule has 4 heteroatoms. The molecule has 1 N–H and O–H groups in total. The van der Waals surface area contributed by atoms with Gasteiger partial charge in [-0.1, -0.05) is 48.9 Å². The van der Waals surface area contributed by atoms with Gasteiger partial charge >= 0.3 is 0 Å². The fourth-order valence-corrected chi connectivity index (χ4v) is 4.45. The Hall–Kier alpha value is -2.17.